The van der Waals surface area contributed by atoms with Crippen LogP contribution >= 0.6 is 0 Å². The molecule has 174 valence electrons. The average molecular weight is 465 g/mol. The number of nitrogens with one attached hydrogen (secondary N) is 1. The van der Waals surface area contributed by atoms with Gasteiger partial charge in [-0.25, -0.2) is 14.5 Å². The summed E-state index contributed by atoms with van der Waals surface area (Å²) in [6, 6.07) is 6.35. The number of amides is 2. The van der Waals surface area contributed by atoms with Crippen LogP contribution < -0.4 is 15.8 Å². The molecule has 0 saturated heterocycles. The summed E-state index contributed by atoms with van der Waals surface area (Å²) in [5.41, 5.74) is 6.09. The number of fused-ring (bicyclic) bond motifs is 1. The van der Waals surface area contributed by atoms with Gasteiger partial charge in [-0.15, -0.1) is 13.2 Å². The van der Waals surface area contributed by atoms with E-state index in [0.29, 0.717) is 11.1 Å². The van der Waals surface area contributed by atoms with Gasteiger partial charge < -0.3 is 25.6 Å². The number of aliphatic hydroxyl groups is 1. The molecule has 0 aliphatic carbocycles. The Kier molecular flexibility index (Phi) is 6.82. The second kappa shape index (κ2) is 9.56. The van der Waals surface area contributed by atoms with Crippen molar-refractivity contribution >= 4 is 23.0 Å². The third kappa shape index (κ3) is 5.77. The highest BCUT2D eigenvalue weighted by Gasteiger charge is 2.31. The van der Waals surface area contributed by atoms with Crippen molar-refractivity contribution in [3.63, 3.8) is 0 Å². The summed E-state index contributed by atoms with van der Waals surface area (Å²) in [4.78, 5) is 26.8. The van der Waals surface area contributed by atoms with Crippen molar-refractivity contribution in [2.75, 3.05) is 6.61 Å². The summed E-state index contributed by atoms with van der Waals surface area (Å²) in [7, 11) is 0. The van der Waals surface area contributed by atoms with E-state index in [2.05, 4.69) is 31.5 Å². The zero-order valence-corrected chi connectivity index (χ0v) is 16.9. The van der Waals surface area contributed by atoms with Gasteiger partial charge in [0.05, 0.1) is 23.3 Å². The van der Waals surface area contributed by atoms with Gasteiger partial charge in [0.1, 0.15) is 18.5 Å². The molecule has 0 radical (unpaired) electrons. The van der Waals surface area contributed by atoms with E-state index in [1.807, 2.05) is 0 Å². The molecule has 4 N–H and O–H groups in total. The average Bonchev–Trinajstić information content (AvgIpc) is 3.14. The van der Waals surface area contributed by atoms with Gasteiger partial charge in [0.25, 0.3) is 0 Å². The number of pyridine rings is 1. The van der Waals surface area contributed by atoms with Gasteiger partial charge in [0, 0.05) is 6.20 Å². The van der Waals surface area contributed by atoms with Crippen LogP contribution in [0.5, 0.6) is 5.75 Å². The monoisotopic (exact) mass is 465 g/mol. The minimum atomic E-state index is -4.84. The summed E-state index contributed by atoms with van der Waals surface area (Å²) < 4.78 is 47.2. The third-order valence-electron chi connectivity index (χ3n) is 4.35. The second-order valence-electron chi connectivity index (χ2n) is 6.57. The molecule has 13 heteroatoms. The Bertz CT molecular complexity index is 1180. The van der Waals surface area contributed by atoms with Crippen molar-refractivity contribution in [2.45, 2.75) is 19.0 Å². The smallest absolute Gasteiger partial charge is 0.447 e. The van der Waals surface area contributed by atoms with E-state index in [1.54, 1.807) is 0 Å². The van der Waals surface area contributed by atoms with Gasteiger partial charge in [0.15, 0.2) is 5.65 Å². The normalized spacial score (nSPS) is 12.2. The first-order valence-electron chi connectivity index (χ1n) is 9.32. The van der Waals surface area contributed by atoms with E-state index in [0.717, 1.165) is 18.2 Å². The van der Waals surface area contributed by atoms with Crippen LogP contribution in [0.15, 0.2) is 49.2 Å². The number of alkyl halides is 3. The molecule has 0 fully saturated rings. The zero-order valence-electron chi connectivity index (χ0n) is 16.9. The maximum absolute atomic E-state index is 12.4. The number of nitrogens with two attached hydrogens (primary N) is 1. The number of carbonyl (C=O) groups excluding carboxylic acids is 2. The van der Waals surface area contributed by atoms with Crippen LogP contribution in [-0.2, 0) is 16.1 Å². The molecule has 0 spiro atoms. The maximum Gasteiger partial charge on any atom is 0.573 e. The number of halogens is 3. The predicted molar refractivity (Wildman–Crippen MR) is 108 cm³/mol. The molecule has 0 bridgehead atoms. The van der Waals surface area contributed by atoms with Crippen LogP contribution in [0.2, 0.25) is 0 Å². The van der Waals surface area contributed by atoms with Crippen LogP contribution in [0.3, 0.4) is 0 Å². The molecule has 2 heterocycles. The maximum atomic E-state index is 12.4. The molecule has 2 amide bonds. The van der Waals surface area contributed by atoms with E-state index >= 15 is 0 Å². The van der Waals surface area contributed by atoms with Gasteiger partial charge >= 0.3 is 12.5 Å². The number of rotatable bonds is 8. The number of aromatic nitrogens is 3. The summed E-state index contributed by atoms with van der Waals surface area (Å²) in [6.45, 7) is 2.85. The van der Waals surface area contributed by atoms with Gasteiger partial charge in [-0.2, -0.15) is 5.10 Å². The number of hydrogen-bond acceptors (Lipinski definition) is 7. The molecule has 0 unspecified atom stereocenters. The minimum Gasteiger partial charge on any atom is -0.447 e. The van der Waals surface area contributed by atoms with Gasteiger partial charge in [-0.1, -0.05) is 6.58 Å². The van der Waals surface area contributed by atoms with Crippen LogP contribution in [0.1, 0.15) is 17.4 Å². The fourth-order valence-corrected chi connectivity index (χ4v) is 3.00. The lowest BCUT2D eigenvalue weighted by Gasteiger charge is -2.12. The van der Waals surface area contributed by atoms with E-state index in [-0.39, 0.29) is 23.4 Å². The molecule has 0 aliphatic rings. The van der Waals surface area contributed by atoms with E-state index in [9.17, 15) is 27.9 Å². The van der Waals surface area contributed by atoms with Crippen LogP contribution in [-0.4, -0.2) is 44.8 Å². The van der Waals surface area contributed by atoms with Gasteiger partial charge in [-0.05, 0) is 42.0 Å². The molecule has 3 aromatic rings. The quantitative estimate of drug-likeness (QED) is 0.433. The second-order valence-corrected chi connectivity index (χ2v) is 6.57. The number of ether oxygens (including phenoxy) is 2. The largest absolute Gasteiger partial charge is 0.573 e. The van der Waals surface area contributed by atoms with Crippen molar-refractivity contribution in [3.05, 3.63) is 60.4 Å². The van der Waals surface area contributed by atoms with Crippen molar-refractivity contribution in [2.24, 2.45) is 5.73 Å². The van der Waals surface area contributed by atoms with Crippen LogP contribution in [0, 0.1) is 0 Å². The van der Waals surface area contributed by atoms with E-state index in [4.69, 9.17) is 5.73 Å². The van der Waals surface area contributed by atoms with Gasteiger partial charge in [-0.3, -0.25) is 4.79 Å². The Morgan fingerprint density at radius 1 is 1.27 bits per heavy atom. The standard InChI is InChI=1S/C20H18F3N5O5/c1-2-16(30)26-9-14-17-13(15(29)10-32-19(24)31)7-8-25-18(17)28(27-14)11-3-5-12(6-4-11)33-20(21,22)23/h2-8,15,29H,1,9-10H2,(H2,24,31)(H,26,30)/t15-/m1/s1. The Balaban J connectivity index is 2.06. The molecule has 0 saturated carbocycles. The summed E-state index contributed by atoms with van der Waals surface area (Å²) >= 11 is 0. The molecule has 3 rings (SSSR count). The molecule has 33 heavy (non-hydrogen) atoms. The Morgan fingerprint density at radius 3 is 2.58 bits per heavy atom. The molecule has 10 nitrogen and oxygen atoms in total. The van der Waals surface area contributed by atoms with Gasteiger partial charge in [0.2, 0.25) is 5.91 Å². The van der Waals surface area contributed by atoms with E-state index < -0.39 is 36.8 Å². The first-order chi connectivity index (χ1) is 15.6. The van der Waals surface area contributed by atoms with Crippen molar-refractivity contribution in [1.29, 1.82) is 0 Å². The number of aliphatic hydroxyl groups excluding tert-OH is 1. The lowest BCUT2D eigenvalue weighted by atomic mass is 10.1. The van der Waals surface area contributed by atoms with Crippen molar-refractivity contribution in [1.82, 2.24) is 20.1 Å². The summed E-state index contributed by atoms with van der Waals surface area (Å²) in [6.07, 6.45) is -4.77. The first kappa shape index (κ1) is 23.5. The lowest BCUT2D eigenvalue weighted by Crippen LogP contribution is -2.21. The number of carbonyl (C=O) groups is 2. The molecule has 2 aromatic heterocycles. The Labute approximate surface area is 184 Å². The predicted octanol–water partition coefficient (Wildman–Crippen LogP) is 2.25. The first-order valence-corrected chi connectivity index (χ1v) is 9.32. The highest BCUT2D eigenvalue weighted by molar-refractivity contribution is 5.88. The third-order valence-corrected chi connectivity index (χ3v) is 4.35. The SMILES string of the molecule is C=CC(=O)NCc1nn(-c2ccc(OC(F)(F)F)cc2)c2nccc([C@H](O)COC(N)=O)c12. The summed E-state index contributed by atoms with van der Waals surface area (Å²) in [5.74, 6) is -0.900. The zero-order chi connectivity index (χ0) is 24.2. The van der Waals surface area contributed by atoms with Crippen LogP contribution in [0.25, 0.3) is 16.7 Å². The summed E-state index contributed by atoms with van der Waals surface area (Å²) in [5, 5.41) is 17.8. The number of benzene rings is 1. The molecular weight excluding hydrogens is 447 g/mol. The fraction of sp³-hybridized carbons (Fsp3) is 0.200. The van der Waals surface area contributed by atoms with E-state index in [1.165, 1.54) is 29.1 Å². The van der Waals surface area contributed by atoms with Crippen molar-refractivity contribution < 1.29 is 37.3 Å². The Hall–Kier alpha value is -4.13. The number of primary amides is 1. The minimum absolute atomic E-state index is 0.0777. The molecule has 1 atom stereocenters. The highest BCUT2D eigenvalue weighted by atomic mass is 19.4. The van der Waals surface area contributed by atoms with Crippen LogP contribution in [0.4, 0.5) is 18.0 Å². The molecule has 1 aromatic carbocycles. The fourth-order valence-electron chi connectivity index (χ4n) is 3.00. The number of nitrogens with zero attached hydrogens (tertiary/aromatic N) is 3. The van der Waals surface area contributed by atoms with Crippen molar-refractivity contribution in [3.8, 4) is 11.4 Å². The topological polar surface area (TPSA) is 142 Å². The highest BCUT2D eigenvalue weighted by Crippen LogP contribution is 2.29. The number of hydrogen-bond donors (Lipinski definition) is 3. The molecule has 0 aliphatic heterocycles. The Morgan fingerprint density at radius 2 is 1.97 bits per heavy atom. The lowest BCUT2D eigenvalue weighted by molar-refractivity contribution is -0.274. The molecular formula is C20H18F3N5O5.